The average Bonchev–Trinajstić information content (AvgIpc) is 2.48. The second-order valence-corrected chi connectivity index (χ2v) is 4.80. The number of ether oxygens (including phenoxy) is 2. The lowest BCUT2D eigenvalue weighted by Gasteiger charge is -2.33. The number of methoxy groups -OCH3 is 1. The van der Waals surface area contributed by atoms with E-state index in [1.807, 2.05) is 31.2 Å². The summed E-state index contributed by atoms with van der Waals surface area (Å²) < 4.78 is 10.00. The molecule has 1 saturated heterocycles. The third-order valence-electron chi connectivity index (χ3n) is 3.53. The van der Waals surface area contributed by atoms with Crippen LogP contribution < -0.4 is 0 Å². The quantitative estimate of drug-likeness (QED) is 0.772. The fraction of sp³-hybridized carbons (Fsp3) is 0.467. The molecule has 0 aliphatic carbocycles. The highest BCUT2D eigenvalue weighted by atomic mass is 16.5. The van der Waals surface area contributed by atoms with E-state index in [4.69, 9.17) is 9.47 Å². The van der Waals surface area contributed by atoms with Crippen molar-refractivity contribution in [2.24, 2.45) is 0 Å². The van der Waals surface area contributed by atoms with Gasteiger partial charge >= 0.3 is 5.97 Å². The SMILES string of the molecule is COC(=O)C1COCCN1C(=O)Cc1ccccc1C. The van der Waals surface area contributed by atoms with Crippen molar-refractivity contribution < 1.29 is 19.1 Å². The van der Waals surface area contributed by atoms with Crippen LogP contribution in [-0.2, 0) is 25.5 Å². The Bertz CT molecular complexity index is 500. The van der Waals surface area contributed by atoms with Crippen molar-refractivity contribution in [1.29, 1.82) is 0 Å². The number of carbonyl (C=O) groups excluding carboxylic acids is 2. The van der Waals surface area contributed by atoms with E-state index in [2.05, 4.69) is 0 Å². The normalized spacial score (nSPS) is 18.7. The van der Waals surface area contributed by atoms with Gasteiger partial charge in [-0.05, 0) is 18.1 Å². The monoisotopic (exact) mass is 277 g/mol. The van der Waals surface area contributed by atoms with Crippen molar-refractivity contribution in [3.8, 4) is 0 Å². The summed E-state index contributed by atoms with van der Waals surface area (Å²) in [5, 5.41) is 0. The summed E-state index contributed by atoms with van der Waals surface area (Å²) in [6, 6.07) is 7.12. The zero-order valence-corrected chi connectivity index (χ0v) is 11.8. The van der Waals surface area contributed by atoms with E-state index in [9.17, 15) is 9.59 Å². The Morgan fingerprint density at radius 3 is 2.85 bits per heavy atom. The summed E-state index contributed by atoms with van der Waals surface area (Å²) in [5.41, 5.74) is 2.05. The lowest BCUT2D eigenvalue weighted by molar-refractivity contribution is -0.160. The van der Waals surface area contributed by atoms with Crippen LogP contribution in [0.5, 0.6) is 0 Å². The number of carbonyl (C=O) groups is 2. The molecule has 1 fully saturated rings. The van der Waals surface area contributed by atoms with Gasteiger partial charge in [0.15, 0.2) is 6.04 Å². The molecular formula is C15H19NO4. The minimum atomic E-state index is -0.634. The molecular weight excluding hydrogens is 258 g/mol. The number of hydrogen-bond donors (Lipinski definition) is 0. The molecule has 20 heavy (non-hydrogen) atoms. The van der Waals surface area contributed by atoms with Gasteiger partial charge in [0.25, 0.3) is 0 Å². The summed E-state index contributed by atoms with van der Waals surface area (Å²) >= 11 is 0. The molecule has 0 spiro atoms. The summed E-state index contributed by atoms with van der Waals surface area (Å²) in [4.78, 5) is 25.7. The summed E-state index contributed by atoms with van der Waals surface area (Å²) in [6.07, 6.45) is 0.292. The molecule has 1 aromatic carbocycles. The maximum Gasteiger partial charge on any atom is 0.331 e. The molecule has 0 saturated carbocycles. The Morgan fingerprint density at radius 1 is 1.40 bits per heavy atom. The number of aryl methyl sites for hydroxylation is 1. The number of morpholine rings is 1. The minimum absolute atomic E-state index is 0.0713. The van der Waals surface area contributed by atoms with E-state index in [1.54, 1.807) is 4.90 Å². The second-order valence-electron chi connectivity index (χ2n) is 4.80. The van der Waals surface area contributed by atoms with E-state index in [0.29, 0.717) is 19.6 Å². The fourth-order valence-corrected chi connectivity index (χ4v) is 2.31. The first-order valence-corrected chi connectivity index (χ1v) is 6.63. The molecule has 2 rings (SSSR count). The highest BCUT2D eigenvalue weighted by Crippen LogP contribution is 2.14. The molecule has 0 bridgehead atoms. The first kappa shape index (κ1) is 14.5. The Hall–Kier alpha value is -1.88. The van der Waals surface area contributed by atoms with Crippen LogP contribution in [0.25, 0.3) is 0 Å². The maximum atomic E-state index is 12.4. The summed E-state index contributed by atoms with van der Waals surface area (Å²) in [7, 11) is 1.32. The van der Waals surface area contributed by atoms with E-state index in [-0.39, 0.29) is 12.5 Å². The highest BCUT2D eigenvalue weighted by Gasteiger charge is 2.33. The van der Waals surface area contributed by atoms with Crippen LogP contribution in [0.1, 0.15) is 11.1 Å². The number of amides is 1. The Morgan fingerprint density at radius 2 is 2.15 bits per heavy atom. The molecule has 1 unspecified atom stereocenters. The van der Waals surface area contributed by atoms with E-state index in [0.717, 1.165) is 11.1 Å². The Labute approximate surface area is 118 Å². The molecule has 5 nitrogen and oxygen atoms in total. The van der Waals surface area contributed by atoms with Crippen LogP contribution in [0.15, 0.2) is 24.3 Å². The molecule has 0 radical (unpaired) electrons. The third-order valence-corrected chi connectivity index (χ3v) is 3.53. The van der Waals surface area contributed by atoms with Gasteiger partial charge in [-0.1, -0.05) is 24.3 Å². The first-order chi connectivity index (χ1) is 9.63. The number of hydrogen-bond acceptors (Lipinski definition) is 4. The van der Waals surface area contributed by atoms with Gasteiger partial charge in [-0.15, -0.1) is 0 Å². The fourth-order valence-electron chi connectivity index (χ4n) is 2.31. The molecule has 1 atom stereocenters. The molecule has 1 amide bonds. The smallest absolute Gasteiger partial charge is 0.331 e. The predicted molar refractivity (Wildman–Crippen MR) is 73.2 cm³/mol. The average molecular weight is 277 g/mol. The predicted octanol–water partition coefficient (Wildman–Crippen LogP) is 0.938. The molecule has 108 valence electrons. The van der Waals surface area contributed by atoms with Crippen molar-refractivity contribution in [1.82, 2.24) is 4.90 Å². The van der Waals surface area contributed by atoms with Gasteiger partial charge in [0, 0.05) is 6.54 Å². The van der Waals surface area contributed by atoms with Crippen molar-refractivity contribution in [3.05, 3.63) is 35.4 Å². The van der Waals surface area contributed by atoms with Crippen LogP contribution in [0, 0.1) is 6.92 Å². The van der Waals surface area contributed by atoms with Gasteiger partial charge < -0.3 is 14.4 Å². The van der Waals surface area contributed by atoms with E-state index in [1.165, 1.54) is 7.11 Å². The van der Waals surface area contributed by atoms with Gasteiger partial charge in [-0.25, -0.2) is 4.79 Å². The standard InChI is InChI=1S/C15H19NO4/c1-11-5-3-4-6-12(11)9-14(17)16-7-8-20-10-13(16)15(18)19-2/h3-6,13H,7-10H2,1-2H3. The maximum absolute atomic E-state index is 12.4. The minimum Gasteiger partial charge on any atom is -0.467 e. The zero-order valence-electron chi connectivity index (χ0n) is 11.8. The first-order valence-electron chi connectivity index (χ1n) is 6.63. The van der Waals surface area contributed by atoms with Crippen molar-refractivity contribution >= 4 is 11.9 Å². The van der Waals surface area contributed by atoms with Crippen LogP contribution in [-0.4, -0.2) is 49.7 Å². The zero-order chi connectivity index (χ0) is 14.5. The lowest BCUT2D eigenvalue weighted by Crippen LogP contribution is -2.53. The second kappa shape index (κ2) is 6.52. The van der Waals surface area contributed by atoms with E-state index >= 15 is 0 Å². The van der Waals surface area contributed by atoms with Crippen LogP contribution in [0.3, 0.4) is 0 Å². The van der Waals surface area contributed by atoms with Gasteiger partial charge in [0.2, 0.25) is 5.91 Å². The number of benzene rings is 1. The highest BCUT2D eigenvalue weighted by molar-refractivity contribution is 5.86. The van der Waals surface area contributed by atoms with Crippen molar-refractivity contribution in [2.45, 2.75) is 19.4 Å². The topological polar surface area (TPSA) is 55.8 Å². The van der Waals surface area contributed by atoms with Crippen molar-refractivity contribution in [3.63, 3.8) is 0 Å². The molecule has 5 heteroatoms. The van der Waals surface area contributed by atoms with Gasteiger partial charge in [-0.3, -0.25) is 4.79 Å². The van der Waals surface area contributed by atoms with Gasteiger partial charge in [0.1, 0.15) is 0 Å². The number of nitrogens with zero attached hydrogens (tertiary/aromatic N) is 1. The van der Waals surface area contributed by atoms with Crippen LogP contribution in [0.4, 0.5) is 0 Å². The molecule has 1 aliphatic rings. The molecule has 0 aromatic heterocycles. The Kier molecular flexibility index (Phi) is 4.74. The van der Waals surface area contributed by atoms with Gasteiger partial charge in [-0.2, -0.15) is 0 Å². The molecule has 1 aromatic rings. The van der Waals surface area contributed by atoms with Crippen LogP contribution in [0.2, 0.25) is 0 Å². The van der Waals surface area contributed by atoms with Crippen LogP contribution >= 0.6 is 0 Å². The van der Waals surface area contributed by atoms with E-state index < -0.39 is 12.0 Å². The largest absolute Gasteiger partial charge is 0.467 e. The summed E-state index contributed by atoms with van der Waals surface area (Å²) in [6.45, 7) is 3.05. The number of esters is 1. The molecule has 0 N–H and O–H groups in total. The summed E-state index contributed by atoms with van der Waals surface area (Å²) in [5.74, 6) is -0.499. The Balaban J connectivity index is 2.10. The molecule has 1 aliphatic heterocycles. The number of rotatable bonds is 3. The molecule has 1 heterocycles. The third kappa shape index (κ3) is 3.17. The lowest BCUT2D eigenvalue weighted by atomic mass is 10.0. The van der Waals surface area contributed by atoms with Gasteiger partial charge in [0.05, 0.1) is 26.7 Å². The van der Waals surface area contributed by atoms with Crippen molar-refractivity contribution in [2.75, 3.05) is 26.9 Å².